The van der Waals surface area contributed by atoms with E-state index in [1.807, 2.05) is 13.0 Å². The lowest BCUT2D eigenvalue weighted by molar-refractivity contribution is 0.0949. The van der Waals surface area contributed by atoms with Crippen LogP contribution in [0.25, 0.3) is 0 Å². The molecule has 3 rings (SSSR count). The Morgan fingerprint density at radius 2 is 1.97 bits per heavy atom. The number of hydrogen-bond donors (Lipinski definition) is 1. The van der Waals surface area contributed by atoms with E-state index in [-0.39, 0.29) is 11.9 Å². The van der Waals surface area contributed by atoms with Crippen LogP contribution in [-0.2, 0) is 10.0 Å². The van der Waals surface area contributed by atoms with E-state index in [1.54, 1.807) is 52.8 Å². The predicted molar refractivity (Wildman–Crippen MR) is 111 cm³/mol. The minimum absolute atomic E-state index is 0.138. The number of hydrogen-bond acceptors (Lipinski definition) is 4. The van der Waals surface area contributed by atoms with E-state index in [9.17, 15) is 13.2 Å². The van der Waals surface area contributed by atoms with Crippen LogP contribution in [0.3, 0.4) is 0 Å². The highest BCUT2D eigenvalue weighted by molar-refractivity contribution is 7.89. The van der Waals surface area contributed by atoms with Crippen molar-refractivity contribution in [3.63, 3.8) is 0 Å². The zero-order valence-electron chi connectivity index (χ0n) is 16.5. The monoisotopic (exact) mass is 411 g/mol. The first kappa shape index (κ1) is 21.0. The molecule has 152 valence electrons. The molecule has 29 heavy (non-hydrogen) atoms. The summed E-state index contributed by atoms with van der Waals surface area (Å²) >= 11 is 0. The van der Waals surface area contributed by atoms with Crippen LogP contribution in [0.2, 0.25) is 0 Å². The fraction of sp³-hybridized carbons (Fsp3) is 0.364. The van der Waals surface area contributed by atoms with E-state index in [0.29, 0.717) is 35.5 Å². The van der Waals surface area contributed by atoms with Crippen LogP contribution in [0.5, 0.6) is 0 Å². The second-order valence-corrected chi connectivity index (χ2v) is 9.21. The number of sulfonamides is 1. The Hall–Kier alpha value is -2.69. The molecular formula is C22H25N3O3S. The molecule has 0 saturated carbocycles. The number of nitrogens with zero attached hydrogens (tertiary/aromatic N) is 2. The highest BCUT2D eigenvalue weighted by atomic mass is 32.2. The molecule has 1 N–H and O–H groups in total. The maximum absolute atomic E-state index is 13.1. The van der Waals surface area contributed by atoms with Crippen molar-refractivity contribution in [3.8, 4) is 6.07 Å². The molecule has 1 amide bonds. The van der Waals surface area contributed by atoms with Gasteiger partial charge in [-0.3, -0.25) is 4.79 Å². The van der Waals surface area contributed by atoms with Crippen molar-refractivity contribution >= 4 is 15.9 Å². The van der Waals surface area contributed by atoms with Crippen molar-refractivity contribution in [2.24, 2.45) is 0 Å². The minimum Gasteiger partial charge on any atom is -0.352 e. The van der Waals surface area contributed by atoms with Gasteiger partial charge in [-0.15, -0.1) is 0 Å². The molecule has 0 aromatic heterocycles. The predicted octanol–water partition coefficient (Wildman–Crippen LogP) is 3.23. The van der Waals surface area contributed by atoms with Crippen molar-refractivity contribution in [3.05, 3.63) is 65.2 Å². The summed E-state index contributed by atoms with van der Waals surface area (Å²) in [5.41, 5.74) is 1.87. The fourth-order valence-electron chi connectivity index (χ4n) is 3.61. The lowest BCUT2D eigenvalue weighted by Crippen LogP contribution is -2.45. The summed E-state index contributed by atoms with van der Waals surface area (Å²) < 4.78 is 27.8. The Morgan fingerprint density at radius 1 is 1.21 bits per heavy atom. The summed E-state index contributed by atoms with van der Waals surface area (Å²) in [5.74, 6) is -0.258. The lowest BCUT2D eigenvalue weighted by atomic mass is 10.0. The SMILES string of the molecule is Cc1ccc(S(=O)(=O)N2CCCCC2CCNC(=O)c2cccc(C#N)c2)cc1. The van der Waals surface area contributed by atoms with E-state index in [0.717, 1.165) is 24.8 Å². The third-order valence-electron chi connectivity index (χ3n) is 5.22. The molecule has 7 heteroatoms. The number of nitriles is 1. The van der Waals surface area contributed by atoms with Crippen LogP contribution in [0.4, 0.5) is 0 Å². The molecule has 0 bridgehead atoms. The van der Waals surface area contributed by atoms with Gasteiger partial charge in [-0.2, -0.15) is 9.57 Å². The number of rotatable bonds is 6. The van der Waals surface area contributed by atoms with Crippen LogP contribution >= 0.6 is 0 Å². The number of amides is 1. The largest absolute Gasteiger partial charge is 0.352 e. The van der Waals surface area contributed by atoms with Gasteiger partial charge < -0.3 is 5.32 Å². The molecule has 1 unspecified atom stereocenters. The van der Waals surface area contributed by atoms with Gasteiger partial charge in [0.05, 0.1) is 16.5 Å². The number of nitrogens with one attached hydrogen (secondary N) is 1. The summed E-state index contributed by atoms with van der Waals surface area (Å²) in [7, 11) is -3.56. The number of aryl methyl sites for hydroxylation is 1. The Kier molecular flexibility index (Phi) is 6.68. The molecule has 1 heterocycles. The van der Waals surface area contributed by atoms with Gasteiger partial charge in [-0.05, 0) is 56.5 Å². The molecule has 2 aromatic carbocycles. The summed E-state index contributed by atoms with van der Waals surface area (Å²) in [6.07, 6.45) is 3.15. The van der Waals surface area contributed by atoms with Crippen LogP contribution in [-0.4, -0.2) is 37.8 Å². The van der Waals surface area contributed by atoms with Gasteiger partial charge in [0.1, 0.15) is 0 Å². The van der Waals surface area contributed by atoms with Crippen molar-refractivity contribution < 1.29 is 13.2 Å². The molecule has 1 fully saturated rings. The molecule has 2 aromatic rings. The third kappa shape index (κ3) is 5.03. The molecule has 1 saturated heterocycles. The zero-order chi connectivity index (χ0) is 20.9. The lowest BCUT2D eigenvalue weighted by Gasteiger charge is -2.34. The van der Waals surface area contributed by atoms with Crippen LogP contribution < -0.4 is 5.32 Å². The summed E-state index contributed by atoms with van der Waals surface area (Å²) in [4.78, 5) is 12.6. The Morgan fingerprint density at radius 3 is 2.69 bits per heavy atom. The highest BCUT2D eigenvalue weighted by Crippen LogP contribution is 2.27. The van der Waals surface area contributed by atoms with E-state index in [1.165, 1.54) is 0 Å². The first-order valence-corrected chi connectivity index (χ1v) is 11.2. The molecule has 0 aliphatic carbocycles. The van der Waals surface area contributed by atoms with Crippen molar-refractivity contribution in [2.45, 2.75) is 43.5 Å². The molecule has 0 spiro atoms. The maximum Gasteiger partial charge on any atom is 0.251 e. The number of carbonyl (C=O) groups is 1. The summed E-state index contributed by atoms with van der Waals surface area (Å²) in [6.45, 7) is 2.80. The average Bonchev–Trinajstić information content (AvgIpc) is 2.74. The Bertz CT molecular complexity index is 1010. The second kappa shape index (κ2) is 9.21. The first-order chi connectivity index (χ1) is 13.9. The summed E-state index contributed by atoms with van der Waals surface area (Å²) in [5, 5.41) is 11.8. The molecule has 1 atom stereocenters. The quantitative estimate of drug-likeness (QED) is 0.790. The van der Waals surface area contributed by atoms with E-state index in [2.05, 4.69) is 5.32 Å². The van der Waals surface area contributed by atoms with E-state index < -0.39 is 10.0 Å². The van der Waals surface area contributed by atoms with Crippen molar-refractivity contribution in [1.29, 1.82) is 5.26 Å². The average molecular weight is 412 g/mol. The van der Waals surface area contributed by atoms with Crippen LogP contribution in [0.15, 0.2) is 53.4 Å². The normalized spacial score (nSPS) is 17.4. The van der Waals surface area contributed by atoms with Gasteiger partial charge in [-0.1, -0.05) is 30.2 Å². The molecule has 0 radical (unpaired) electrons. The van der Waals surface area contributed by atoms with Gasteiger partial charge >= 0.3 is 0 Å². The van der Waals surface area contributed by atoms with E-state index in [4.69, 9.17) is 5.26 Å². The summed E-state index contributed by atoms with van der Waals surface area (Å²) in [6, 6.07) is 15.3. The molecular weight excluding hydrogens is 386 g/mol. The van der Waals surface area contributed by atoms with Gasteiger partial charge in [-0.25, -0.2) is 8.42 Å². The Balaban J connectivity index is 1.65. The maximum atomic E-state index is 13.1. The molecule has 1 aliphatic heterocycles. The topological polar surface area (TPSA) is 90.3 Å². The highest BCUT2D eigenvalue weighted by Gasteiger charge is 2.33. The smallest absolute Gasteiger partial charge is 0.251 e. The standard InChI is InChI=1S/C22H25N3O3S/c1-17-8-10-21(11-9-17)29(27,28)25-14-3-2-7-20(25)12-13-24-22(26)19-6-4-5-18(15-19)16-23/h4-6,8-11,15,20H,2-3,7,12-14H2,1H3,(H,24,26). The Labute approximate surface area is 172 Å². The van der Waals surface area contributed by atoms with Crippen LogP contribution in [0.1, 0.15) is 47.2 Å². The second-order valence-electron chi connectivity index (χ2n) is 7.32. The number of benzene rings is 2. The van der Waals surface area contributed by atoms with Gasteiger partial charge in [0.2, 0.25) is 10.0 Å². The minimum atomic E-state index is -3.56. The van der Waals surface area contributed by atoms with Gasteiger partial charge in [0.15, 0.2) is 0 Å². The van der Waals surface area contributed by atoms with Crippen molar-refractivity contribution in [1.82, 2.24) is 9.62 Å². The van der Waals surface area contributed by atoms with Crippen molar-refractivity contribution in [2.75, 3.05) is 13.1 Å². The number of carbonyl (C=O) groups excluding carboxylic acids is 1. The van der Waals surface area contributed by atoms with Crippen LogP contribution in [0, 0.1) is 18.3 Å². The third-order valence-corrected chi connectivity index (χ3v) is 7.18. The van der Waals surface area contributed by atoms with E-state index >= 15 is 0 Å². The molecule has 1 aliphatic rings. The van der Waals surface area contributed by atoms with Gasteiger partial charge in [0, 0.05) is 24.7 Å². The first-order valence-electron chi connectivity index (χ1n) is 9.78. The van der Waals surface area contributed by atoms with Gasteiger partial charge in [0.25, 0.3) is 5.91 Å². The zero-order valence-corrected chi connectivity index (χ0v) is 17.3. The molecule has 6 nitrogen and oxygen atoms in total. The fourth-order valence-corrected chi connectivity index (χ4v) is 5.33. The number of piperidine rings is 1.